The number of benzene rings is 1. The summed E-state index contributed by atoms with van der Waals surface area (Å²) in [5.41, 5.74) is 5.20. The first-order valence-electron chi connectivity index (χ1n) is 8.22. The number of para-hydroxylation sites is 1. The third-order valence-corrected chi connectivity index (χ3v) is 4.85. The second kappa shape index (κ2) is 7.97. The first-order chi connectivity index (χ1) is 12.6. The molecule has 0 spiro atoms. The first-order valence-corrected chi connectivity index (χ1v) is 9.10. The molecule has 2 aromatic heterocycles. The van der Waals surface area contributed by atoms with Crippen LogP contribution < -0.4 is 5.43 Å². The zero-order valence-electron chi connectivity index (χ0n) is 14.6. The van der Waals surface area contributed by atoms with Crippen molar-refractivity contribution in [2.75, 3.05) is 6.61 Å². The molecule has 7 heteroatoms. The van der Waals surface area contributed by atoms with Gasteiger partial charge < -0.3 is 9.30 Å². The molecular formula is C19H19N3O3S. The van der Waals surface area contributed by atoms with E-state index in [2.05, 4.69) is 10.5 Å². The number of hydrogen-bond donors (Lipinski definition) is 1. The highest BCUT2D eigenvalue weighted by atomic mass is 32.1. The second-order valence-electron chi connectivity index (χ2n) is 5.58. The number of nitrogens with zero attached hydrogens (tertiary/aromatic N) is 2. The number of esters is 1. The molecule has 0 atom stereocenters. The van der Waals surface area contributed by atoms with Gasteiger partial charge in [0.1, 0.15) is 6.54 Å². The van der Waals surface area contributed by atoms with E-state index >= 15 is 0 Å². The standard InChI is InChI=1S/C19H19N3O3S/c1-3-25-18(23)12-22-13(2)15(14-7-4-5-8-16(14)22)11-20-21-19(24)17-9-6-10-26-17/h4-11H,3,12H2,1-2H3,(H,21,24)/b20-11-. The molecule has 1 N–H and O–H groups in total. The molecule has 0 radical (unpaired) electrons. The number of amides is 1. The van der Waals surface area contributed by atoms with E-state index in [4.69, 9.17) is 4.74 Å². The van der Waals surface area contributed by atoms with Gasteiger partial charge in [-0.1, -0.05) is 24.3 Å². The number of carbonyl (C=O) groups is 2. The maximum absolute atomic E-state index is 12.0. The number of hydrazone groups is 1. The third kappa shape index (κ3) is 3.67. The summed E-state index contributed by atoms with van der Waals surface area (Å²) < 4.78 is 6.96. The maximum Gasteiger partial charge on any atom is 0.325 e. The molecule has 134 valence electrons. The van der Waals surface area contributed by atoms with Crippen molar-refractivity contribution in [2.24, 2.45) is 5.10 Å². The lowest BCUT2D eigenvalue weighted by Crippen LogP contribution is -2.16. The van der Waals surface area contributed by atoms with Crippen molar-refractivity contribution in [1.82, 2.24) is 9.99 Å². The van der Waals surface area contributed by atoms with E-state index in [0.29, 0.717) is 11.5 Å². The van der Waals surface area contributed by atoms with E-state index in [-0.39, 0.29) is 18.4 Å². The summed E-state index contributed by atoms with van der Waals surface area (Å²) >= 11 is 1.36. The zero-order valence-corrected chi connectivity index (χ0v) is 15.4. The summed E-state index contributed by atoms with van der Waals surface area (Å²) in [6.07, 6.45) is 1.62. The Morgan fingerprint density at radius 1 is 1.27 bits per heavy atom. The van der Waals surface area contributed by atoms with Crippen LogP contribution in [0, 0.1) is 6.92 Å². The number of hydrogen-bond acceptors (Lipinski definition) is 5. The predicted octanol–water partition coefficient (Wildman–Crippen LogP) is 3.34. The van der Waals surface area contributed by atoms with Crippen molar-refractivity contribution >= 4 is 40.3 Å². The lowest BCUT2D eigenvalue weighted by molar-refractivity contribution is -0.143. The first kappa shape index (κ1) is 17.9. The van der Waals surface area contributed by atoms with Crippen LogP contribution in [-0.2, 0) is 16.1 Å². The normalized spacial score (nSPS) is 11.2. The van der Waals surface area contributed by atoms with E-state index in [9.17, 15) is 9.59 Å². The van der Waals surface area contributed by atoms with E-state index in [1.165, 1.54) is 11.3 Å². The molecule has 6 nitrogen and oxygen atoms in total. The van der Waals surface area contributed by atoms with Crippen molar-refractivity contribution in [3.05, 3.63) is 57.9 Å². The van der Waals surface area contributed by atoms with E-state index < -0.39 is 0 Å². The van der Waals surface area contributed by atoms with Crippen LogP contribution >= 0.6 is 11.3 Å². The van der Waals surface area contributed by atoms with Crippen molar-refractivity contribution in [3.63, 3.8) is 0 Å². The van der Waals surface area contributed by atoms with Crippen LogP contribution in [0.3, 0.4) is 0 Å². The van der Waals surface area contributed by atoms with Crippen molar-refractivity contribution in [2.45, 2.75) is 20.4 Å². The molecule has 0 saturated carbocycles. The molecule has 3 rings (SSSR count). The van der Waals surface area contributed by atoms with E-state index in [1.54, 1.807) is 19.2 Å². The van der Waals surface area contributed by atoms with Crippen LogP contribution in [-0.4, -0.2) is 29.3 Å². The molecule has 0 fully saturated rings. The third-order valence-electron chi connectivity index (χ3n) is 3.98. The Kier molecular flexibility index (Phi) is 5.48. The molecule has 0 aliphatic carbocycles. The van der Waals surface area contributed by atoms with Gasteiger partial charge in [0.2, 0.25) is 0 Å². The number of ether oxygens (including phenoxy) is 1. The van der Waals surface area contributed by atoms with Gasteiger partial charge in [0, 0.05) is 22.2 Å². The highest BCUT2D eigenvalue weighted by molar-refractivity contribution is 7.12. The van der Waals surface area contributed by atoms with Crippen molar-refractivity contribution in [3.8, 4) is 0 Å². The lowest BCUT2D eigenvalue weighted by atomic mass is 10.1. The number of nitrogens with one attached hydrogen (secondary N) is 1. The number of carbonyl (C=O) groups excluding carboxylic acids is 2. The number of thiophene rings is 1. The highest BCUT2D eigenvalue weighted by Crippen LogP contribution is 2.24. The maximum atomic E-state index is 12.0. The highest BCUT2D eigenvalue weighted by Gasteiger charge is 2.15. The molecule has 1 amide bonds. The summed E-state index contributed by atoms with van der Waals surface area (Å²) in [5.74, 6) is -0.532. The van der Waals surface area contributed by atoms with Crippen LogP contribution in [0.1, 0.15) is 27.9 Å². The molecule has 0 bridgehead atoms. The molecular weight excluding hydrogens is 350 g/mol. The van der Waals surface area contributed by atoms with Crippen molar-refractivity contribution in [1.29, 1.82) is 0 Å². The van der Waals surface area contributed by atoms with Gasteiger partial charge in [0.25, 0.3) is 5.91 Å². The summed E-state index contributed by atoms with van der Waals surface area (Å²) in [7, 11) is 0. The van der Waals surface area contributed by atoms with Crippen LogP contribution in [0.25, 0.3) is 10.9 Å². The molecule has 26 heavy (non-hydrogen) atoms. The number of aromatic nitrogens is 1. The summed E-state index contributed by atoms with van der Waals surface area (Å²) in [5, 5.41) is 6.89. The summed E-state index contributed by atoms with van der Waals surface area (Å²) in [4.78, 5) is 24.5. The average Bonchev–Trinajstić information content (AvgIpc) is 3.25. The number of rotatable bonds is 6. The predicted molar refractivity (Wildman–Crippen MR) is 103 cm³/mol. The van der Waals surface area contributed by atoms with Crippen LogP contribution in [0.2, 0.25) is 0 Å². The minimum absolute atomic E-state index is 0.135. The van der Waals surface area contributed by atoms with E-state index in [0.717, 1.165) is 22.2 Å². The Labute approximate surface area is 155 Å². The SMILES string of the molecule is CCOC(=O)Cn1c(C)c(/C=N\NC(=O)c2cccs2)c2ccccc21. The monoisotopic (exact) mass is 369 g/mol. The van der Waals surface area contributed by atoms with Crippen LogP contribution in [0.5, 0.6) is 0 Å². The fraction of sp³-hybridized carbons (Fsp3) is 0.211. The van der Waals surface area contributed by atoms with Gasteiger partial charge in [0.15, 0.2) is 0 Å². The Hall–Kier alpha value is -2.93. The van der Waals surface area contributed by atoms with Gasteiger partial charge >= 0.3 is 5.97 Å². The van der Waals surface area contributed by atoms with Gasteiger partial charge in [-0.15, -0.1) is 11.3 Å². The topological polar surface area (TPSA) is 72.7 Å². The summed E-state index contributed by atoms with van der Waals surface area (Å²) in [6.45, 7) is 4.18. The minimum atomic E-state index is -0.286. The summed E-state index contributed by atoms with van der Waals surface area (Å²) in [6, 6.07) is 11.3. The number of fused-ring (bicyclic) bond motifs is 1. The van der Waals surface area contributed by atoms with Crippen molar-refractivity contribution < 1.29 is 14.3 Å². The Morgan fingerprint density at radius 2 is 2.08 bits per heavy atom. The molecule has 0 unspecified atom stereocenters. The van der Waals surface area contributed by atoms with Crippen LogP contribution in [0.4, 0.5) is 0 Å². The Balaban J connectivity index is 1.88. The van der Waals surface area contributed by atoms with E-state index in [1.807, 2.05) is 47.2 Å². The molecule has 3 aromatic rings. The van der Waals surface area contributed by atoms with Gasteiger partial charge in [-0.25, -0.2) is 5.43 Å². The average molecular weight is 369 g/mol. The molecule has 0 aliphatic heterocycles. The largest absolute Gasteiger partial charge is 0.465 e. The van der Waals surface area contributed by atoms with Crippen LogP contribution in [0.15, 0.2) is 46.9 Å². The fourth-order valence-electron chi connectivity index (χ4n) is 2.78. The molecule has 0 aliphatic rings. The fourth-order valence-corrected chi connectivity index (χ4v) is 3.39. The van der Waals surface area contributed by atoms with Gasteiger partial charge in [-0.3, -0.25) is 9.59 Å². The quantitative estimate of drug-likeness (QED) is 0.411. The van der Waals surface area contributed by atoms with Gasteiger partial charge in [0.05, 0.1) is 17.7 Å². The zero-order chi connectivity index (χ0) is 18.5. The molecule has 0 saturated heterocycles. The smallest absolute Gasteiger partial charge is 0.325 e. The minimum Gasteiger partial charge on any atom is -0.465 e. The molecule has 2 heterocycles. The Bertz CT molecular complexity index is 958. The molecule has 1 aromatic carbocycles. The second-order valence-corrected chi connectivity index (χ2v) is 6.53. The lowest BCUT2D eigenvalue weighted by Gasteiger charge is -2.07. The van der Waals surface area contributed by atoms with Gasteiger partial charge in [-0.2, -0.15) is 5.10 Å². The van der Waals surface area contributed by atoms with Gasteiger partial charge in [-0.05, 0) is 31.4 Å². The Morgan fingerprint density at radius 3 is 2.81 bits per heavy atom.